The van der Waals surface area contributed by atoms with Crippen LogP contribution in [-0.4, -0.2) is 63.7 Å². The first-order valence-corrected chi connectivity index (χ1v) is 42.0. The van der Waals surface area contributed by atoms with Gasteiger partial charge in [-0.25, -0.2) is 16.8 Å². The molecule has 2 aromatic rings. The van der Waals surface area contributed by atoms with Gasteiger partial charge in [0.05, 0.1) is 9.79 Å². The zero-order chi connectivity index (χ0) is 63.6. The third-order valence-corrected chi connectivity index (χ3v) is 20.7. The Balaban J connectivity index is 0.00000172. The summed E-state index contributed by atoms with van der Waals surface area (Å²) in [7, 11) is -8.69. The quantitative estimate of drug-likeness (QED) is 0.0370. The van der Waals surface area contributed by atoms with Crippen molar-refractivity contribution in [2.24, 2.45) is 0 Å². The topological polar surface area (TPSA) is 114 Å². The molecular weight excluding hydrogens is 1160 g/mol. The van der Waals surface area contributed by atoms with Crippen molar-refractivity contribution in [1.29, 1.82) is 0 Å². The third kappa shape index (κ3) is 64.6. The van der Waals surface area contributed by atoms with Crippen LogP contribution in [0, 0.1) is 0 Å². The second kappa shape index (κ2) is 68.9. The normalized spacial score (nSPS) is 11.7. The minimum atomic E-state index is -4.35. The Morgan fingerprint density at radius 2 is 0.360 bits per heavy atom. The summed E-state index contributed by atoms with van der Waals surface area (Å²) in [6.07, 6.45) is 92.0. The van der Waals surface area contributed by atoms with Gasteiger partial charge in [0.2, 0.25) is 0 Å². The predicted octanol–water partition coefficient (Wildman–Crippen LogP) is 26.9. The number of benzene rings is 2. The average molecular weight is 1310 g/mol. The molecule has 516 valence electrons. The summed E-state index contributed by atoms with van der Waals surface area (Å²) in [6.45, 7) is 4.60. The van der Waals surface area contributed by atoms with Gasteiger partial charge in [-0.05, 0) is 61.1 Å². The second-order valence-electron chi connectivity index (χ2n) is 27.6. The molecule has 0 spiro atoms. The summed E-state index contributed by atoms with van der Waals surface area (Å²) in [4.78, 5) is -0.211. The van der Waals surface area contributed by atoms with Crippen molar-refractivity contribution in [3.63, 3.8) is 0 Å². The zero-order valence-corrected chi connectivity index (χ0v) is 63.1. The van der Waals surface area contributed by atoms with E-state index in [1.54, 1.807) is 12.1 Å². The van der Waals surface area contributed by atoms with Crippen LogP contribution in [0.15, 0.2) is 58.3 Å². The standard InChI is InChI=1S/2C40H74O3S.Ca/c2*1-2-3-4-5-6-7-8-9-10-11-12-13-14-15-16-17-18-19-20-21-22-23-24-25-26-27-28-29-30-31-32-33-35-39-36-34-37-40(38-39)44(41,42)43;/h2*34,36-38H,2-33,35H2,1H3,(H,41,42,43);/q;;+2/p-2. The number of hydrogen-bond donors (Lipinski definition) is 0. The summed E-state index contributed by atoms with van der Waals surface area (Å²) < 4.78 is 66.9. The minimum absolute atomic E-state index is 0. The first-order valence-electron chi connectivity index (χ1n) is 39.2. The molecule has 0 atom stereocenters. The van der Waals surface area contributed by atoms with E-state index in [2.05, 4.69) is 13.8 Å². The molecule has 9 heteroatoms. The molecule has 0 saturated heterocycles. The van der Waals surface area contributed by atoms with E-state index in [4.69, 9.17) is 0 Å². The Hall–Kier alpha value is -0.480. The van der Waals surface area contributed by atoms with Crippen molar-refractivity contribution in [2.45, 2.75) is 447 Å². The van der Waals surface area contributed by atoms with Gasteiger partial charge in [-0.15, -0.1) is 0 Å². The fourth-order valence-electron chi connectivity index (χ4n) is 13.1. The Morgan fingerprint density at radius 1 is 0.225 bits per heavy atom. The molecule has 0 bridgehead atoms. The van der Waals surface area contributed by atoms with Gasteiger partial charge in [0.15, 0.2) is 0 Å². The number of rotatable bonds is 68. The van der Waals surface area contributed by atoms with Crippen LogP contribution in [0.2, 0.25) is 0 Å². The van der Waals surface area contributed by atoms with E-state index in [0.717, 1.165) is 36.8 Å². The largest absolute Gasteiger partial charge is 2.00 e. The molecule has 0 N–H and O–H groups in total. The van der Waals surface area contributed by atoms with Gasteiger partial charge in [0, 0.05) is 0 Å². The van der Waals surface area contributed by atoms with Gasteiger partial charge < -0.3 is 9.11 Å². The van der Waals surface area contributed by atoms with E-state index in [1.165, 1.54) is 422 Å². The Kier molecular flexibility index (Phi) is 68.5. The molecule has 0 heterocycles. The molecule has 0 radical (unpaired) electrons. The van der Waals surface area contributed by atoms with Crippen LogP contribution in [0.1, 0.15) is 436 Å². The van der Waals surface area contributed by atoms with E-state index in [-0.39, 0.29) is 47.5 Å². The molecule has 0 fully saturated rings. The van der Waals surface area contributed by atoms with Crippen LogP contribution in [0.3, 0.4) is 0 Å². The van der Waals surface area contributed by atoms with Crippen LogP contribution in [0.5, 0.6) is 0 Å². The molecule has 0 aliphatic carbocycles. The molecule has 0 aliphatic heterocycles. The van der Waals surface area contributed by atoms with Gasteiger partial charge in [-0.3, -0.25) is 0 Å². The Labute approximate surface area is 586 Å². The van der Waals surface area contributed by atoms with Gasteiger partial charge in [0.25, 0.3) is 0 Å². The van der Waals surface area contributed by atoms with Crippen LogP contribution in [0.4, 0.5) is 0 Å². The molecular formula is C80H146CaO6S2. The third-order valence-electron chi connectivity index (χ3n) is 19.0. The van der Waals surface area contributed by atoms with Crippen LogP contribution >= 0.6 is 0 Å². The minimum Gasteiger partial charge on any atom is -0.744 e. The maximum atomic E-state index is 11.1. The van der Waals surface area contributed by atoms with Crippen molar-refractivity contribution in [2.75, 3.05) is 0 Å². The van der Waals surface area contributed by atoms with Crippen molar-refractivity contribution in [3.05, 3.63) is 59.7 Å². The molecule has 6 nitrogen and oxygen atoms in total. The molecule has 0 aromatic heterocycles. The fourth-order valence-corrected chi connectivity index (χ4v) is 14.2. The summed E-state index contributed by atoms with van der Waals surface area (Å²) >= 11 is 0. The second-order valence-corrected chi connectivity index (χ2v) is 30.4. The summed E-state index contributed by atoms with van der Waals surface area (Å²) in [5.41, 5.74) is 1.90. The Morgan fingerprint density at radius 3 is 0.494 bits per heavy atom. The van der Waals surface area contributed by atoms with Crippen LogP contribution in [-0.2, 0) is 33.1 Å². The zero-order valence-electron chi connectivity index (χ0n) is 59.3. The van der Waals surface area contributed by atoms with Crippen molar-refractivity contribution >= 4 is 58.0 Å². The Bertz CT molecular complexity index is 1820. The fraction of sp³-hybridized carbons (Fsp3) is 0.850. The monoisotopic (exact) mass is 1310 g/mol. The van der Waals surface area contributed by atoms with Crippen molar-refractivity contribution in [3.8, 4) is 0 Å². The maximum absolute atomic E-state index is 11.1. The van der Waals surface area contributed by atoms with Crippen molar-refractivity contribution in [1.82, 2.24) is 0 Å². The van der Waals surface area contributed by atoms with Crippen molar-refractivity contribution < 1.29 is 25.9 Å². The number of hydrogen-bond acceptors (Lipinski definition) is 6. The molecule has 0 unspecified atom stereocenters. The summed E-state index contributed by atoms with van der Waals surface area (Å²) in [5.74, 6) is 0. The first-order chi connectivity index (χ1) is 43.1. The number of unbranched alkanes of at least 4 members (excludes halogenated alkanes) is 62. The molecule has 89 heavy (non-hydrogen) atoms. The molecule has 2 aromatic carbocycles. The summed E-state index contributed by atoms with van der Waals surface area (Å²) in [6, 6.07) is 13.0. The average Bonchev–Trinajstić information content (AvgIpc) is 3.67. The predicted molar refractivity (Wildman–Crippen MR) is 389 cm³/mol. The van der Waals surface area contributed by atoms with Crippen LogP contribution < -0.4 is 0 Å². The first kappa shape index (κ1) is 88.5. The van der Waals surface area contributed by atoms with E-state index in [1.807, 2.05) is 12.1 Å². The van der Waals surface area contributed by atoms with E-state index in [9.17, 15) is 25.9 Å². The summed E-state index contributed by atoms with van der Waals surface area (Å²) in [5, 5.41) is 0. The van der Waals surface area contributed by atoms with Crippen LogP contribution in [0.25, 0.3) is 0 Å². The molecule has 0 saturated carbocycles. The van der Waals surface area contributed by atoms with E-state index in [0.29, 0.717) is 0 Å². The van der Waals surface area contributed by atoms with Gasteiger partial charge in [-0.2, -0.15) is 0 Å². The van der Waals surface area contributed by atoms with Gasteiger partial charge in [0.1, 0.15) is 20.2 Å². The SMILES string of the molecule is CCCCCCCCCCCCCCCCCCCCCCCCCCCCCCCCCCc1cccc(S(=O)(=O)[O-])c1.CCCCCCCCCCCCCCCCCCCCCCCCCCCCCCCCCCc1cccc(S(=O)(=O)[O-])c1.[Ca+2]. The van der Waals surface area contributed by atoms with Gasteiger partial charge >= 0.3 is 37.7 Å². The smallest absolute Gasteiger partial charge is 0.744 e. The number of aryl methyl sites for hydroxylation is 2. The molecule has 0 amide bonds. The van der Waals surface area contributed by atoms with E-state index < -0.39 is 20.2 Å². The van der Waals surface area contributed by atoms with Gasteiger partial charge in [-0.1, -0.05) is 436 Å². The molecule has 0 aliphatic rings. The van der Waals surface area contributed by atoms with E-state index >= 15 is 0 Å². The molecule has 2 rings (SSSR count). The maximum Gasteiger partial charge on any atom is 2.00 e.